The van der Waals surface area contributed by atoms with E-state index < -0.39 is 0 Å². The van der Waals surface area contributed by atoms with E-state index in [1.807, 2.05) is 6.92 Å². The third kappa shape index (κ3) is 2.66. The first-order valence-electron chi connectivity index (χ1n) is 4.97. The van der Waals surface area contributed by atoms with Crippen molar-refractivity contribution in [1.29, 1.82) is 0 Å². The number of rotatable bonds is 3. The number of nitrogens with two attached hydrogens (primary N) is 1. The van der Waals surface area contributed by atoms with Crippen LogP contribution in [0, 0.1) is 6.92 Å². The van der Waals surface area contributed by atoms with Gasteiger partial charge in [-0.15, -0.1) is 0 Å². The maximum absolute atomic E-state index is 5.64. The summed E-state index contributed by atoms with van der Waals surface area (Å²) in [7, 11) is 0. The van der Waals surface area contributed by atoms with Gasteiger partial charge in [0.05, 0.1) is 24.1 Å². The number of nitrogens with zero attached hydrogens (tertiary/aromatic N) is 3. The molecule has 2 aromatic heterocycles. The summed E-state index contributed by atoms with van der Waals surface area (Å²) >= 11 is 0. The fourth-order valence-electron chi connectivity index (χ4n) is 1.24. The first kappa shape index (κ1) is 10.4. The van der Waals surface area contributed by atoms with Crippen molar-refractivity contribution in [2.45, 2.75) is 13.5 Å². The summed E-state index contributed by atoms with van der Waals surface area (Å²) in [6.45, 7) is 2.49. The van der Waals surface area contributed by atoms with Crippen molar-refractivity contribution >= 4 is 11.5 Å². The second kappa shape index (κ2) is 4.57. The van der Waals surface area contributed by atoms with Gasteiger partial charge in [-0.2, -0.15) is 0 Å². The molecule has 2 rings (SSSR count). The van der Waals surface area contributed by atoms with E-state index in [0.29, 0.717) is 12.2 Å². The Morgan fingerprint density at radius 1 is 1.25 bits per heavy atom. The minimum atomic E-state index is 0.587. The molecule has 0 aliphatic heterocycles. The Balaban J connectivity index is 1.99. The van der Waals surface area contributed by atoms with Crippen LogP contribution in [-0.4, -0.2) is 15.0 Å². The van der Waals surface area contributed by atoms with Crippen LogP contribution in [0.3, 0.4) is 0 Å². The van der Waals surface area contributed by atoms with Crippen molar-refractivity contribution in [1.82, 2.24) is 15.0 Å². The minimum absolute atomic E-state index is 0.587. The molecule has 0 radical (unpaired) electrons. The summed E-state index contributed by atoms with van der Waals surface area (Å²) in [5.41, 5.74) is 8.11. The Labute approximate surface area is 93.8 Å². The molecule has 0 amide bonds. The molecule has 0 fully saturated rings. The van der Waals surface area contributed by atoms with Crippen molar-refractivity contribution in [3.8, 4) is 0 Å². The highest BCUT2D eigenvalue weighted by molar-refractivity contribution is 5.48. The molecule has 0 atom stereocenters. The van der Waals surface area contributed by atoms with E-state index in [-0.39, 0.29) is 0 Å². The lowest BCUT2D eigenvalue weighted by Crippen LogP contribution is -2.04. The highest BCUT2D eigenvalue weighted by Crippen LogP contribution is 2.08. The molecule has 0 saturated carbocycles. The van der Waals surface area contributed by atoms with Crippen LogP contribution in [0.25, 0.3) is 0 Å². The highest BCUT2D eigenvalue weighted by atomic mass is 15.0. The Hall–Kier alpha value is -2.17. The third-order valence-corrected chi connectivity index (χ3v) is 2.07. The third-order valence-electron chi connectivity index (χ3n) is 2.07. The van der Waals surface area contributed by atoms with Crippen LogP contribution in [-0.2, 0) is 6.54 Å². The number of pyridine rings is 1. The molecule has 2 aromatic rings. The van der Waals surface area contributed by atoms with Crippen molar-refractivity contribution in [3.63, 3.8) is 0 Å². The zero-order chi connectivity index (χ0) is 11.4. The molecule has 16 heavy (non-hydrogen) atoms. The molecule has 5 nitrogen and oxygen atoms in total. The number of aryl methyl sites for hydroxylation is 1. The molecule has 0 aliphatic carbocycles. The van der Waals surface area contributed by atoms with Crippen LogP contribution in [0.2, 0.25) is 0 Å². The van der Waals surface area contributed by atoms with Gasteiger partial charge in [0, 0.05) is 24.1 Å². The average Bonchev–Trinajstić information content (AvgIpc) is 2.28. The lowest BCUT2D eigenvalue weighted by atomic mass is 10.4. The van der Waals surface area contributed by atoms with Crippen molar-refractivity contribution in [2.75, 3.05) is 11.1 Å². The van der Waals surface area contributed by atoms with Crippen LogP contribution >= 0.6 is 0 Å². The van der Waals surface area contributed by atoms with Crippen LogP contribution < -0.4 is 11.1 Å². The monoisotopic (exact) mass is 215 g/mol. The first-order valence-corrected chi connectivity index (χ1v) is 4.97. The predicted octanol–water partition coefficient (Wildman–Crippen LogP) is 1.37. The standard InChI is InChI=1S/C11H13N5/c1-8-5-15-10(6-14-8)7-16-11-4-9(12)2-3-13-11/h2-6H,7H2,1H3,(H3,12,13,16). The lowest BCUT2D eigenvalue weighted by molar-refractivity contribution is 0.977. The molecule has 0 bridgehead atoms. The van der Waals surface area contributed by atoms with Gasteiger partial charge in [-0.3, -0.25) is 9.97 Å². The van der Waals surface area contributed by atoms with E-state index >= 15 is 0 Å². The van der Waals surface area contributed by atoms with Gasteiger partial charge in [-0.05, 0) is 13.0 Å². The molecular weight excluding hydrogens is 202 g/mol. The molecule has 0 saturated heterocycles. The molecule has 3 N–H and O–H groups in total. The molecule has 0 spiro atoms. The number of nitrogens with one attached hydrogen (secondary N) is 1. The Morgan fingerprint density at radius 2 is 2.12 bits per heavy atom. The maximum Gasteiger partial charge on any atom is 0.128 e. The quantitative estimate of drug-likeness (QED) is 0.808. The van der Waals surface area contributed by atoms with Crippen molar-refractivity contribution in [3.05, 3.63) is 42.1 Å². The topological polar surface area (TPSA) is 76.7 Å². The van der Waals surface area contributed by atoms with Gasteiger partial charge in [-0.25, -0.2) is 4.98 Å². The van der Waals surface area contributed by atoms with Gasteiger partial charge in [0.15, 0.2) is 0 Å². The van der Waals surface area contributed by atoms with E-state index in [1.165, 1.54) is 0 Å². The van der Waals surface area contributed by atoms with Gasteiger partial charge in [0.1, 0.15) is 5.82 Å². The second-order valence-electron chi connectivity index (χ2n) is 3.48. The van der Waals surface area contributed by atoms with Crippen LogP contribution in [0.15, 0.2) is 30.7 Å². The maximum atomic E-state index is 5.64. The smallest absolute Gasteiger partial charge is 0.128 e. The molecule has 5 heteroatoms. The van der Waals surface area contributed by atoms with Gasteiger partial charge < -0.3 is 11.1 Å². The highest BCUT2D eigenvalue weighted by Gasteiger charge is 1.97. The lowest BCUT2D eigenvalue weighted by Gasteiger charge is -2.05. The minimum Gasteiger partial charge on any atom is -0.399 e. The molecular formula is C11H13N5. The summed E-state index contributed by atoms with van der Waals surface area (Å²) in [6.07, 6.45) is 5.15. The van der Waals surface area contributed by atoms with E-state index in [1.54, 1.807) is 30.7 Å². The number of hydrogen-bond donors (Lipinski definition) is 2. The Bertz CT molecular complexity index is 466. The van der Waals surface area contributed by atoms with Crippen molar-refractivity contribution in [2.24, 2.45) is 0 Å². The predicted molar refractivity (Wildman–Crippen MR) is 62.7 cm³/mol. The van der Waals surface area contributed by atoms with E-state index in [0.717, 1.165) is 17.2 Å². The van der Waals surface area contributed by atoms with Gasteiger partial charge >= 0.3 is 0 Å². The summed E-state index contributed by atoms with van der Waals surface area (Å²) < 4.78 is 0. The average molecular weight is 215 g/mol. The Morgan fingerprint density at radius 3 is 2.81 bits per heavy atom. The molecule has 2 heterocycles. The van der Waals surface area contributed by atoms with Crippen LogP contribution in [0.4, 0.5) is 11.5 Å². The first-order chi connectivity index (χ1) is 7.74. The van der Waals surface area contributed by atoms with E-state index in [9.17, 15) is 0 Å². The number of hydrogen-bond acceptors (Lipinski definition) is 5. The Kier molecular flexibility index (Phi) is 2.95. The zero-order valence-electron chi connectivity index (χ0n) is 9.01. The summed E-state index contributed by atoms with van der Waals surface area (Å²) in [4.78, 5) is 12.5. The van der Waals surface area contributed by atoms with Crippen LogP contribution in [0.5, 0.6) is 0 Å². The number of nitrogen functional groups attached to an aromatic ring is 1. The summed E-state index contributed by atoms with van der Waals surface area (Å²) in [5.74, 6) is 0.738. The fourth-order valence-corrected chi connectivity index (χ4v) is 1.24. The van der Waals surface area contributed by atoms with Gasteiger partial charge in [0.25, 0.3) is 0 Å². The molecule has 0 unspecified atom stereocenters. The van der Waals surface area contributed by atoms with Gasteiger partial charge in [-0.1, -0.05) is 0 Å². The molecule has 0 aromatic carbocycles. The summed E-state index contributed by atoms with van der Waals surface area (Å²) in [6, 6.07) is 3.53. The van der Waals surface area contributed by atoms with Gasteiger partial charge in [0.2, 0.25) is 0 Å². The molecule has 82 valence electrons. The normalized spacial score (nSPS) is 10.1. The number of anilines is 2. The SMILES string of the molecule is Cc1cnc(CNc2cc(N)ccn2)cn1. The van der Waals surface area contributed by atoms with Crippen LogP contribution in [0.1, 0.15) is 11.4 Å². The van der Waals surface area contributed by atoms with E-state index in [4.69, 9.17) is 5.73 Å². The molecule has 0 aliphatic rings. The van der Waals surface area contributed by atoms with E-state index in [2.05, 4.69) is 20.3 Å². The zero-order valence-corrected chi connectivity index (χ0v) is 9.01. The largest absolute Gasteiger partial charge is 0.399 e. The fraction of sp³-hybridized carbons (Fsp3) is 0.182. The summed E-state index contributed by atoms with van der Waals surface area (Å²) in [5, 5.41) is 3.13. The van der Waals surface area contributed by atoms with Crippen molar-refractivity contribution < 1.29 is 0 Å². The second-order valence-corrected chi connectivity index (χ2v) is 3.48. The number of aromatic nitrogens is 3.